The molecule has 2 aromatic rings. The molecule has 2 heterocycles. The molecular weight excluding hydrogens is 356 g/mol. The van der Waals surface area contributed by atoms with Crippen molar-refractivity contribution in [2.75, 3.05) is 32.2 Å². The number of ether oxygens (including phenoxy) is 2. The maximum absolute atomic E-state index is 12.8. The summed E-state index contributed by atoms with van der Waals surface area (Å²) >= 11 is 0. The lowest BCUT2D eigenvalue weighted by Crippen LogP contribution is -2.43. The Kier molecular flexibility index (Phi) is 6.34. The molecule has 0 bridgehead atoms. The molecule has 7 heteroatoms. The standard InChI is InChI=1S/C21H28N4O3/c1-14-10-15(2)24-21(23-14)25-9-5-6-17(13-25)20(26)22-12-16-7-8-18(27-3)11-19(16)28-4/h7-8,10-11,17H,5-6,9,12-13H2,1-4H3,(H,22,26)/t17-/m1/s1. The van der Waals surface area contributed by atoms with Gasteiger partial charge in [0.15, 0.2) is 0 Å². The van der Waals surface area contributed by atoms with Crippen molar-refractivity contribution in [2.24, 2.45) is 5.92 Å². The highest BCUT2D eigenvalue weighted by Crippen LogP contribution is 2.25. The van der Waals surface area contributed by atoms with Crippen LogP contribution in [0.1, 0.15) is 29.8 Å². The van der Waals surface area contributed by atoms with Crippen LogP contribution in [0.5, 0.6) is 11.5 Å². The number of aryl methyl sites for hydroxylation is 2. The van der Waals surface area contributed by atoms with Crippen LogP contribution in [-0.2, 0) is 11.3 Å². The van der Waals surface area contributed by atoms with E-state index in [1.165, 1.54) is 0 Å². The van der Waals surface area contributed by atoms with Gasteiger partial charge in [-0.15, -0.1) is 0 Å². The van der Waals surface area contributed by atoms with Crippen molar-refractivity contribution in [2.45, 2.75) is 33.2 Å². The molecule has 0 unspecified atom stereocenters. The molecule has 3 rings (SSSR count). The van der Waals surface area contributed by atoms with Crippen LogP contribution in [0.15, 0.2) is 24.3 Å². The summed E-state index contributed by atoms with van der Waals surface area (Å²) < 4.78 is 10.6. The van der Waals surface area contributed by atoms with Crippen molar-refractivity contribution in [3.63, 3.8) is 0 Å². The van der Waals surface area contributed by atoms with E-state index in [0.29, 0.717) is 24.8 Å². The van der Waals surface area contributed by atoms with Gasteiger partial charge in [-0.05, 0) is 44.9 Å². The number of methoxy groups -OCH3 is 2. The van der Waals surface area contributed by atoms with E-state index in [1.807, 2.05) is 38.1 Å². The number of piperidine rings is 1. The highest BCUT2D eigenvalue weighted by atomic mass is 16.5. The van der Waals surface area contributed by atoms with Gasteiger partial charge in [-0.2, -0.15) is 0 Å². The molecule has 0 saturated carbocycles. The maximum Gasteiger partial charge on any atom is 0.225 e. The number of amides is 1. The first-order chi connectivity index (χ1) is 13.5. The molecule has 0 aliphatic carbocycles. The van der Waals surface area contributed by atoms with Gasteiger partial charge in [0.1, 0.15) is 11.5 Å². The number of carbonyl (C=O) groups excluding carboxylic acids is 1. The molecule has 1 N–H and O–H groups in total. The van der Waals surface area contributed by atoms with Crippen molar-refractivity contribution in [3.05, 3.63) is 41.2 Å². The molecule has 0 spiro atoms. The van der Waals surface area contributed by atoms with Crippen molar-refractivity contribution < 1.29 is 14.3 Å². The van der Waals surface area contributed by atoms with Crippen LogP contribution in [0.4, 0.5) is 5.95 Å². The third kappa shape index (κ3) is 4.71. The molecule has 1 amide bonds. The minimum Gasteiger partial charge on any atom is -0.497 e. The van der Waals surface area contributed by atoms with Gasteiger partial charge in [0, 0.05) is 42.7 Å². The number of hydrogen-bond donors (Lipinski definition) is 1. The van der Waals surface area contributed by atoms with Crippen LogP contribution in [0, 0.1) is 19.8 Å². The molecule has 1 aromatic carbocycles. The highest BCUT2D eigenvalue weighted by molar-refractivity contribution is 5.79. The number of aromatic nitrogens is 2. The summed E-state index contributed by atoms with van der Waals surface area (Å²) in [5.74, 6) is 2.11. The van der Waals surface area contributed by atoms with Gasteiger partial charge in [0.2, 0.25) is 11.9 Å². The van der Waals surface area contributed by atoms with Crippen LogP contribution in [-0.4, -0.2) is 43.2 Å². The van der Waals surface area contributed by atoms with E-state index in [9.17, 15) is 4.79 Å². The Morgan fingerprint density at radius 2 is 1.93 bits per heavy atom. The van der Waals surface area contributed by atoms with E-state index in [-0.39, 0.29) is 11.8 Å². The fraction of sp³-hybridized carbons (Fsp3) is 0.476. The number of benzene rings is 1. The van der Waals surface area contributed by atoms with Gasteiger partial charge < -0.3 is 19.7 Å². The minimum absolute atomic E-state index is 0.0481. The van der Waals surface area contributed by atoms with Crippen molar-refractivity contribution in [3.8, 4) is 11.5 Å². The van der Waals surface area contributed by atoms with Gasteiger partial charge in [0.25, 0.3) is 0 Å². The minimum atomic E-state index is -0.0811. The largest absolute Gasteiger partial charge is 0.497 e. The summed E-state index contributed by atoms with van der Waals surface area (Å²) in [6, 6.07) is 7.55. The smallest absolute Gasteiger partial charge is 0.225 e. The molecule has 7 nitrogen and oxygen atoms in total. The number of hydrogen-bond acceptors (Lipinski definition) is 6. The van der Waals surface area contributed by atoms with Crippen LogP contribution >= 0.6 is 0 Å². The molecule has 1 aliphatic heterocycles. The Labute approximate surface area is 166 Å². The Bertz CT molecular complexity index is 820. The van der Waals surface area contributed by atoms with Gasteiger partial charge in [-0.1, -0.05) is 0 Å². The number of anilines is 1. The third-order valence-corrected chi connectivity index (χ3v) is 4.99. The predicted molar refractivity (Wildman–Crippen MR) is 108 cm³/mol. The van der Waals surface area contributed by atoms with E-state index in [0.717, 1.165) is 42.1 Å². The summed E-state index contributed by atoms with van der Waals surface area (Å²) in [5.41, 5.74) is 2.81. The lowest BCUT2D eigenvalue weighted by atomic mass is 9.97. The molecule has 150 valence electrons. The van der Waals surface area contributed by atoms with E-state index in [2.05, 4.69) is 20.2 Å². The van der Waals surface area contributed by atoms with Crippen molar-refractivity contribution >= 4 is 11.9 Å². The fourth-order valence-corrected chi connectivity index (χ4v) is 3.55. The number of carbonyl (C=O) groups is 1. The first-order valence-electron chi connectivity index (χ1n) is 9.56. The van der Waals surface area contributed by atoms with Gasteiger partial charge in [-0.3, -0.25) is 4.79 Å². The van der Waals surface area contributed by atoms with Crippen molar-refractivity contribution in [1.82, 2.24) is 15.3 Å². The summed E-state index contributed by atoms with van der Waals surface area (Å²) in [6.07, 6.45) is 1.81. The monoisotopic (exact) mass is 384 g/mol. The number of nitrogens with one attached hydrogen (secondary N) is 1. The van der Waals surface area contributed by atoms with E-state index < -0.39 is 0 Å². The Hall–Kier alpha value is -2.83. The first-order valence-corrected chi connectivity index (χ1v) is 9.56. The van der Waals surface area contributed by atoms with Gasteiger partial charge >= 0.3 is 0 Å². The molecule has 1 atom stereocenters. The Morgan fingerprint density at radius 3 is 2.61 bits per heavy atom. The third-order valence-electron chi connectivity index (χ3n) is 4.99. The zero-order chi connectivity index (χ0) is 20.1. The molecule has 1 aliphatic rings. The Morgan fingerprint density at radius 1 is 1.18 bits per heavy atom. The SMILES string of the molecule is COc1ccc(CNC(=O)[C@@H]2CCCN(c3nc(C)cc(C)n3)C2)c(OC)c1. The molecule has 0 radical (unpaired) electrons. The van der Waals surface area contributed by atoms with Crippen LogP contribution in [0.2, 0.25) is 0 Å². The van der Waals surface area contributed by atoms with E-state index in [4.69, 9.17) is 9.47 Å². The van der Waals surface area contributed by atoms with Gasteiger partial charge in [0.05, 0.1) is 20.1 Å². The second kappa shape index (κ2) is 8.91. The quantitative estimate of drug-likeness (QED) is 0.825. The molecule has 1 fully saturated rings. The zero-order valence-electron chi connectivity index (χ0n) is 17.0. The lowest BCUT2D eigenvalue weighted by molar-refractivity contribution is -0.125. The number of nitrogens with zero attached hydrogens (tertiary/aromatic N) is 3. The van der Waals surface area contributed by atoms with Crippen LogP contribution in [0.25, 0.3) is 0 Å². The first kappa shape index (κ1) is 19.9. The molecule has 1 aromatic heterocycles. The second-order valence-corrected chi connectivity index (χ2v) is 7.13. The summed E-state index contributed by atoms with van der Waals surface area (Å²) in [6.45, 7) is 5.86. The summed E-state index contributed by atoms with van der Waals surface area (Å²) in [5, 5.41) is 3.05. The molecule has 1 saturated heterocycles. The topological polar surface area (TPSA) is 76.6 Å². The fourth-order valence-electron chi connectivity index (χ4n) is 3.55. The average Bonchev–Trinajstić information content (AvgIpc) is 2.71. The maximum atomic E-state index is 12.8. The normalized spacial score (nSPS) is 16.6. The number of rotatable bonds is 6. The average molecular weight is 384 g/mol. The van der Waals surface area contributed by atoms with Crippen LogP contribution in [0.3, 0.4) is 0 Å². The van der Waals surface area contributed by atoms with E-state index >= 15 is 0 Å². The van der Waals surface area contributed by atoms with Crippen molar-refractivity contribution in [1.29, 1.82) is 0 Å². The van der Waals surface area contributed by atoms with E-state index in [1.54, 1.807) is 14.2 Å². The second-order valence-electron chi connectivity index (χ2n) is 7.13. The zero-order valence-corrected chi connectivity index (χ0v) is 17.0. The summed E-state index contributed by atoms with van der Waals surface area (Å²) in [7, 11) is 3.23. The molecular formula is C21H28N4O3. The van der Waals surface area contributed by atoms with Gasteiger partial charge in [-0.25, -0.2) is 9.97 Å². The Balaban J connectivity index is 1.63. The van der Waals surface area contributed by atoms with Crippen LogP contribution < -0.4 is 19.7 Å². The molecule has 28 heavy (non-hydrogen) atoms. The highest BCUT2D eigenvalue weighted by Gasteiger charge is 2.27. The predicted octanol–water partition coefficient (Wildman–Crippen LogP) is 2.64. The lowest BCUT2D eigenvalue weighted by Gasteiger charge is -2.32. The summed E-state index contributed by atoms with van der Waals surface area (Å²) in [4.78, 5) is 24.0.